The monoisotopic (exact) mass is 369 g/mol. The van der Waals surface area contributed by atoms with E-state index >= 15 is 0 Å². The number of rotatable bonds is 4. The molecule has 0 aromatic heterocycles. The van der Waals surface area contributed by atoms with Crippen molar-refractivity contribution in [3.63, 3.8) is 0 Å². The molecule has 0 saturated heterocycles. The van der Waals surface area contributed by atoms with Crippen LogP contribution in [0.5, 0.6) is 11.5 Å². The Bertz CT molecular complexity index is 869. The fraction of sp³-hybridized carbons (Fsp3) is 0.333. The predicted molar refractivity (Wildman–Crippen MR) is 102 cm³/mol. The third kappa shape index (κ3) is 4.05. The average molecular weight is 369 g/mol. The molecule has 0 bridgehead atoms. The summed E-state index contributed by atoms with van der Waals surface area (Å²) in [6.07, 6.45) is 0. The van der Waals surface area contributed by atoms with E-state index < -0.39 is 12.6 Å². The SMILES string of the molecule is CC(C)(C)c1cccc2c1OCCN2C(=O)c1cccc(OCC(=O)O)c1. The number of para-hydroxylation sites is 1. The van der Waals surface area contributed by atoms with E-state index in [-0.39, 0.29) is 11.3 Å². The molecule has 2 aromatic carbocycles. The van der Waals surface area contributed by atoms with Crippen LogP contribution in [-0.2, 0) is 10.2 Å². The Balaban J connectivity index is 1.92. The van der Waals surface area contributed by atoms with E-state index in [0.717, 1.165) is 17.0 Å². The molecule has 0 saturated carbocycles. The quantitative estimate of drug-likeness (QED) is 0.893. The number of carbonyl (C=O) groups excluding carboxylic acids is 1. The Hall–Kier alpha value is -3.02. The number of hydrogen-bond donors (Lipinski definition) is 1. The third-order valence-electron chi connectivity index (χ3n) is 4.34. The number of anilines is 1. The number of benzene rings is 2. The largest absolute Gasteiger partial charge is 0.489 e. The van der Waals surface area contributed by atoms with E-state index in [4.69, 9.17) is 14.6 Å². The molecule has 1 heterocycles. The Morgan fingerprint density at radius 2 is 1.93 bits per heavy atom. The molecule has 27 heavy (non-hydrogen) atoms. The van der Waals surface area contributed by atoms with E-state index in [1.54, 1.807) is 29.2 Å². The van der Waals surface area contributed by atoms with Crippen molar-refractivity contribution in [3.8, 4) is 11.5 Å². The number of carboxylic acids is 1. The summed E-state index contributed by atoms with van der Waals surface area (Å²) in [5.74, 6) is -0.155. The minimum absolute atomic E-state index is 0.109. The van der Waals surface area contributed by atoms with Gasteiger partial charge < -0.3 is 19.5 Å². The number of amides is 1. The van der Waals surface area contributed by atoms with Gasteiger partial charge in [0.1, 0.15) is 18.1 Å². The summed E-state index contributed by atoms with van der Waals surface area (Å²) in [5.41, 5.74) is 2.13. The van der Waals surface area contributed by atoms with Crippen molar-refractivity contribution in [1.82, 2.24) is 0 Å². The second-order valence-corrected chi connectivity index (χ2v) is 7.42. The topological polar surface area (TPSA) is 76.1 Å². The van der Waals surface area contributed by atoms with E-state index in [1.807, 2.05) is 18.2 Å². The minimum atomic E-state index is -1.07. The van der Waals surface area contributed by atoms with Gasteiger partial charge in [-0.3, -0.25) is 4.79 Å². The summed E-state index contributed by atoms with van der Waals surface area (Å²) in [6.45, 7) is 6.73. The van der Waals surface area contributed by atoms with Crippen LogP contribution in [0.1, 0.15) is 36.7 Å². The maximum absolute atomic E-state index is 13.1. The van der Waals surface area contributed by atoms with Crippen molar-refractivity contribution >= 4 is 17.6 Å². The van der Waals surface area contributed by atoms with Crippen molar-refractivity contribution in [2.75, 3.05) is 24.7 Å². The number of fused-ring (bicyclic) bond motifs is 1. The van der Waals surface area contributed by atoms with Gasteiger partial charge in [0, 0.05) is 11.1 Å². The molecule has 0 aliphatic carbocycles. The van der Waals surface area contributed by atoms with Crippen LogP contribution in [0.25, 0.3) is 0 Å². The molecular weight excluding hydrogens is 346 g/mol. The van der Waals surface area contributed by atoms with Crippen LogP contribution in [0.3, 0.4) is 0 Å². The first-order valence-corrected chi connectivity index (χ1v) is 8.80. The Labute approximate surface area is 158 Å². The molecule has 0 spiro atoms. The van der Waals surface area contributed by atoms with Gasteiger partial charge in [-0.15, -0.1) is 0 Å². The molecule has 142 valence electrons. The van der Waals surface area contributed by atoms with E-state index in [9.17, 15) is 9.59 Å². The highest BCUT2D eigenvalue weighted by Gasteiger charge is 2.29. The van der Waals surface area contributed by atoms with Gasteiger partial charge in [0.05, 0.1) is 12.2 Å². The second-order valence-electron chi connectivity index (χ2n) is 7.42. The molecule has 3 rings (SSSR count). The van der Waals surface area contributed by atoms with Gasteiger partial charge in [0.25, 0.3) is 5.91 Å². The molecule has 0 unspecified atom stereocenters. The molecule has 1 aliphatic heterocycles. The van der Waals surface area contributed by atoms with Crippen LogP contribution in [0.15, 0.2) is 42.5 Å². The summed E-state index contributed by atoms with van der Waals surface area (Å²) in [7, 11) is 0. The zero-order valence-corrected chi connectivity index (χ0v) is 15.7. The summed E-state index contributed by atoms with van der Waals surface area (Å²) in [5, 5.41) is 8.74. The first-order chi connectivity index (χ1) is 12.8. The first-order valence-electron chi connectivity index (χ1n) is 8.80. The average Bonchev–Trinajstić information content (AvgIpc) is 2.64. The van der Waals surface area contributed by atoms with Crippen LogP contribution in [0.2, 0.25) is 0 Å². The molecule has 0 fully saturated rings. The third-order valence-corrected chi connectivity index (χ3v) is 4.34. The molecule has 6 nitrogen and oxygen atoms in total. The van der Waals surface area contributed by atoms with Crippen LogP contribution in [0.4, 0.5) is 5.69 Å². The number of nitrogens with zero attached hydrogens (tertiary/aromatic N) is 1. The minimum Gasteiger partial charge on any atom is -0.489 e. The standard InChI is InChI=1S/C21H23NO5/c1-21(2,3)16-8-5-9-17-19(16)26-11-10-22(17)20(25)14-6-4-7-15(12-14)27-13-18(23)24/h4-9,12H,10-11,13H2,1-3H3,(H,23,24). The van der Waals surface area contributed by atoms with Gasteiger partial charge in [-0.25, -0.2) is 4.79 Å². The lowest BCUT2D eigenvalue weighted by Gasteiger charge is -2.33. The second kappa shape index (κ2) is 7.31. The number of ether oxygens (including phenoxy) is 2. The lowest BCUT2D eigenvalue weighted by atomic mass is 9.85. The number of aliphatic carboxylic acids is 1. The zero-order chi connectivity index (χ0) is 19.6. The molecular formula is C21H23NO5. The van der Waals surface area contributed by atoms with Gasteiger partial charge in [-0.1, -0.05) is 39.0 Å². The summed E-state index contributed by atoms with van der Waals surface area (Å²) < 4.78 is 11.1. The van der Waals surface area contributed by atoms with Crippen molar-refractivity contribution in [1.29, 1.82) is 0 Å². The van der Waals surface area contributed by atoms with Crippen molar-refractivity contribution in [2.45, 2.75) is 26.2 Å². The zero-order valence-electron chi connectivity index (χ0n) is 15.7. The summed E-state index contributed by atoms with van der Waals surface area (Å²) in [4.78, 5) is 25.5. The normalized spacial score (nSPS) is 13.5. The van der Waals surface area contributed by atoms with E-state index in [2.05, 4.69) is 20.8 Å². The highest BCUT2D eigenvalue weighted by molar-refractivity contribution is 6.07. The van der Waals surface area contributed by atoms with E-state index in [0.29, 0.717) is 24.5 Å². The van der Waals surface area contributed by atoms with Gasteiger partial charge in [-0.05, 0) is 29.7 Å². The smallest absolute Gasteiger partial charge is 0.341 e. The maximum Gasteiger partial charge on any atom is 0.341 e. The Morgan fingerprint density at radius 3 is 2.63 bits per heavy atom. The maximum atomic E-state index is 13.1. The Kier molecular flexibility index (Phi) is 5.08. The van der Waals surface area contributed by atoms with Gasteiger partial charge >= 0.3 is 5.97 Å². The molecule has 0 radical (unpaired) electrons. The molecule has 1 amide bonds. The number of carbonyl (C=O) groups is 2. The summed E-state index contributed by atoms with van der Waals surface area (Å²) in [6, 6.07) is 12.4. The van der Waals surface area contributed by atoms with Crippen molar-refractivity contribution in [2.24, 2.45) is 0 Å². The van der Waals surface area contributed by atoms with Gasteiger partial charge in [-0.2, -0.15) is 0 Å². The van der Waals surface area contributed by atoms with Crippen molar-refractivity contribution < 1.29 is 24.2 Å². The highest BCUT2D eigenvalue weighted by Crippen LogP contribution is 2.41. The van der Waals surface area contributed by atoms with E-state index in [1.165, 1.54) is 0 Å². The first kappa shape index (κ1) is 18.8. The summed E-state index contributed by atoms with van der Waals surface area (Å²) >= 11 is 0. The van der Waals surface area contributed by atoms with Crippen molar-refractivity contribution in [3.05, 3.63) is 53.6 Å². The predicted octanol–water partition coefficient (Wildman–Crippen LogP) is 3.49. The van der Waals surface area contributed by atoms with Crippen LogP contribution < -0.4 is 14.4 Å². The lowest BCUT2D eigenvalue weighted by molar-refractivity contribution is -0.139. The molecule has 0 atom stereocenters. The Morgan fingerprint density at radius 1 is 1.19 bits per heavy atom. The molecule has 1 N–H and O–H groups in total. The fourth-order valence-electron chi connectivity index (χ4n) is 3.07. The van der Waals surface area contributed by atoms with Crippen LogP contribution >= 0.6 is 0 Å². The van der Waals surface area contributed by atoms with Gasteiger partial charge in [0.2, 0.25) is 0 Å². The van der Waals surface area contributed by atoms with Gasteiger partial charge in [0.15, 0.2) is 6.61 Å². The number of hydrogen-bond acceptors (Lipinski definition) is 4. The lowest BCUT2D eigenvalue weighted by Crippen LogP contribution is -2.38. The van der Waals surface area contributed by atoms with Crippen LogP contribution in [-0.4, -0.2) is 36.7 Å². The fourth-order valence-corrected chi connectivity index (χ4v) is 3.07. The highest BCUT2D eigenvalue weighted by atomic mass is 16.5. The molecule has 6 heteroatoms. The molecule has 2 aromatic rings. The van der Waals surface area contributed by atoms with Crippen LogP contribution in [0, 0.1) is 0 Å². The molecule has 1 aliphatic rings. The number of carboxylic acid groups (broad SMARTS) is 1.